The lowest BCUT2D eigenvalue weighted by Crippen LogP contribution is -2.02. The highest BCUT2D eigenvalue weighted by atomic mass is 79.9. The van der Waals surface area contributed by atoms with E-state index in [4.69, 9.17) is 9.84 Å². The number of benzene rings is 2. The fourth-order valence-electron chi connectivity index (χ4n) is 1.74. The Morgan fingerprint density at radius 3 is 2.45 bits per heavy atom. The second kappa shape index (κ2) is 6.09. The van der Waals surface area contributed by atoms with E-state index in [-0.39, 0.29) is 6.54 Å². The molecule has 3 nitrogen and oxygen atoms in total. The minimum atomic E-state index is -0.983. The largest absolute Gasteiger partial charge is 0.503 e. The van der Waals surface area contributed by atoms with Crippen LogP contribution >= 0.6 is 15.9 Å². The number of hydrogen-bond donors (Lipinski definition) is 2. The monoisotopic (exact) mass is 343 g/mol. The quantitative estimate of drug-likeness (QED) is 0.879. The molecule has 0 saturated carbocycles. The number of phenols is 1. The maximum atomic E-state index is 13.2. The highest BCUT2D eigenvalue weighted by Crippen LogP contribution is 2.29. The number of anilines is 1. The van der Waals surface area contributed by atoms with E-state index in [1.165, 1.54) is 7.11 Å². The summed E-state index contributed by atoms with van der Waals surface area (Å²) in [5.41, 5.74) is 1.07. The molecule has 0 heterocycles. The van der Waals surface area contributed by atoms with Crippen LogP contribution in [0.3, 0.4) is 0 Å². The highest BCUT2D eigenvalue weighted by molar-refractivity contribution is 9.10. The second-order valence-corrected chi connectivity index (χ2v) is 5.02. The predicted molar refractivity (Wildman–Crippen MR) is 76.0 cm³/mol. The number of nitrogens with one attached hydrogen (secondary N) is 1. The fraction of sp³-hybridized carbons (Fsp3) is 0.143. The first-order valence-electron chi connectivity index (χ1n) is 5.75. The van der Waals surface area contributed by atoms with Crippen molar-refractivity contribution in [1.82, 2.24) is 0 Å². The maximum Gasteiger partial charge on any atom is 0.187 e. The van der Waals surface area contributed by atoms with Crippen molar-refractivity contribution in [3.8, 4) is 11.5 Å². The molecule has 2 N–H and O–H groups in total. The van der Waals surface area contributed by atoms with Crippen LogP contribution in [0.15, 0.2) is 34.8 Å². The smallest absolute Gasteiger partial charge is 0.187 e. The summed E-state index contributed by atoms with van der Waals surface area (Å²) >= 11 is 3.34. The maximum absolute atomic E-state index is 13.2. The lowest BCUT2D eigenvalue weighted by Gasteiger charge is -2.12. The Labute approximate surface area is 123 Å². The summed E-state index contributed by atoms with van der Waals surface area (Å²) in [5.74, 6) is -2.31. The molecule has 0 radical (unpaired) electrons. The molecule has 2 aromatic rings. The van der Waals surface area contributed by atoms with Gasteiger partial charge in [-0.05, 0) is 35.9 Å². The molecule has 0 aliphatic heterocycles. The zero-order valence-corrected chi connectivity index (χ0v) is 12.2. The van der Waals surface area contributed by atoms with E-state index in [0.29, 0.717) is 17.0 Å². The summed E-state index contributed by atoms with van der Waals surface area (Å²) in [6.45, 7) is 0.195. The Kier molecular flexibility index (Phi) is 4.44. The van der Waals surface area contributed by atoms with Gasteiger partial charge in [0, 0.05) is 11.0 Å². The van der Waals surface area contributed by atoms with Crippen LogP contribution in [0.4, 0.5) is 14.5 Å². The summed E-state index contributed by atoms with van der Waals surface area (Å²) in [5, 5.41) is 12.1. The molecule has 2 rings (SSSR count). The van der Waals surface area contributed by atoms with E-state index < -0.39 is 17.4 Å². The number of methoxy groups -OCH3 is 1. The summed E-state index contributed by atoms with van der Waals surface area (Å²) < 4.78 is 32.5. The topological polar surface area (TPSA) is 41.5 Å². The van der Waals surface area contributed by atoms with Gasteiger partial charge in [0.25, 0.3) is 0 Å². The lowest BCUT2D eigenvalue weighted by molar-refractivity contribution is 0.395. The average Bonchev–Trinajstić information content (AvgIpc) is 2.42. The minimum Gasteiger partial charge on any atom is -0.503 e. The summed E-state index contributed by atoms with van der Waals surface area (Å²) in [6.07, 6.45) is 0. The van der Waals surface area contributed by atoms with E-state index in [2.05, 4.69) is 21.2 Å². The fourth-order valence-corrected chi connectivity index (χ4v) is 2.10. The van der Waals surface area contributed by atoms with Gasteiger partial charge in [0.15, 0.2) is 17.4 Å². The number of hydrogen-bond acceptors (Lipinski definition) is 3. The number of halogens is 3. The summed E-state index contributed by atoms with van der Waals surface area (Å²) in [6, 6.07) is 7.55. The van der Waals surface area contributed by atoms with E-state index in [0.717, 1.165) is 16.6 Å². The Hall–Kier alpha value is -1.82. The molecule has 0 fully saturated rings. The molecular formula is C14H12BrF2NO2. The van der Waals surface area contributed by atoms with Gasteiger partial charge in [-0.1, -0.05) is 15.9 Å². The minimum absolute atomic E-state index is 0.195. The first-order valence-corrected chi connectivity index (χ1v) is 6.55. The Balaban J connectivity index is 2.18. The molecule has 6 heteroatoms. The van der Waals surface area contributed by atoms with Crippen LogP contribution in [-0.4, -0.2) is 12.2 Å². The first-order chi connectivity index (χ1) is 9.51. The van der Waals surface area contributed by atoms with Crippen molar-refractivity contribution < 1.29 is 18.6 Å². The molecule has 2 aromatic carbocycles. The molecule has 0 aromatic heterocycles. The van der Waals surface area contributed by atoms with Crippen LogP contribution in [0.1, 0.15) is 5.56 Å². The van der Waals surface area contributed by atoms with Crippen LogP contribution < -0.4 is 10.1 Å². The van der Waals surface area contributed by atoms with Crippen LogP contribution in [-0.2, 0) is 6.54 Å². The second-order valence-electron chi connectivity index (χ2n) is 4.11. The molecule has 0 spiro atoms. The molecule has 0 aliphatic carbocycles. The molecule has 0 bridgehead atoms. The number of ether oxygens (including phenoxy) is 1. The first kappa shape index (κ1) is 14.6. The highest BCUT2D eigenvalue weighted by Gasteiger charge is 2.10. The molecule has 0 unspecified atom stereocenters. The van der Waals surface area contributed by atoms with Crippen LogP contribution in [0, 0.1) is 11.6 Å². The lowest BCUT2D eigenvalue weighted by atomic mass is 10.2. The van der Waals surface area contributed by atoms with Crippen molar-refractivity contribution in [2.24, 2.45) is 0 Å². The summed E-state index contributed by atoms with van der Waals surface area (Å²) in [7, 11) is 1.54. The summed E-state index contributed by atoms with van der Waals surface area (Å²) in [4.78, 5) is 0. The third-order valence-electron chi connectivity index (χ3n) is 2.72. The van der Waals surface area contributed by atoms with Gasteiger partial charge in [0.05, 0.1) is 12.8 Å². The molecule has 106 valence electrons. The van der Waals surface area contributed by atoms with Gasteiger partial charge in [-0.15, -0.1) is 0 Å². The third kappa shape index (κ3) is 3.19. The van der Waals surface area contributed by atoms with Gasteiger partial charge < -0.3 is 15.2 Å². The van der Waals surface area contributed by atoms with E-state index >= 15 is 0 Å². The zero-order chi connectivity index (χ0) is 14.7. The van der Waals surface area contributed by atoms with Crippen molar-refractivity contribution >= 4 is 21.6 Å². The molecular weight excluding hydrogens is 332 g/mol. The Morgan fingerprint density at radius 1 is 1.20 bits per heavy atom. The average molecular weight is 344 g/mol. The standard InChI is InChI=1S/C14H12BrF2NO2/c1-20-13-3-2-9(15)6-12(13)18-7-8-4-10(16)14(19)11(17)5-8/h2-6,18-19H,7H2,1H3. The van der Waals surface area contributed by atoms with Crippen molar-refractivity contribution in [2.45, 2.75) is 6.54 Å². The zero-order valence-electron chi connectivity index (χ0n) is 10.6. The van der Waals surface area contributed by atoms with Gasteiger partial charge in [0.1, 0.15) is 5.75 Å². The number of aromatic hydroxyl groups is 1. The molecule has 20 heavy (non-hydrogen) atoms. The molecule has 0 saturated heterocycles. The SMILES string of the molecule is COc1ccc(Br)cc1NCc1cc(F)c(O)c(F)c1. The Morgan fingerprint density at radius 2 is 1.85 bits per heavy atom. The van der Waals surface area contributed by atoms with Gasteiger partial charge >= 0.3 is 0 Å². The molecule has 0 amide bonds. The van der Waals surface area contributed by atoms with Gasteiger partial charge in [0.2, 0.25) is 0 Å². The van der Waals surface area contributed by atoms with Crippen LogP contribution in [0.5, 0.6) is 11.5 Å². The molecule has 0 aliphatic rings. The van der Waals surface area contributed by atoms with Crippen molar-refractivity contribution in [1.29, 1.82) is 0 Å². The Bertz CT molecular complexity index is 612. The normalized spacial score (nSPS) is 10.4. The van der Waals surface area contributed by atoms with Gasteiger partial charge in [-0.3, -0.25) is 0 Å². The van der Waals surface area contributed by atoms with Crippen molar-refractivity contribution in [3.63, 3.8) is 0 Å². The van der Waals surface area contributed by atoms with E-state index in [1.54, 1.807) is 12.1 Å². The van der Waals surface area contributed by atoms with Crippen LogP contribution in [0.25, 0.3) is 0 Å². The number of phenolic OH excluding ortho intramolecular Hbond substituents is 1. The number of rotatable bonds is 4. The third-order valence-corrected chi connectivity index (χ3v) is 3.21. The van der Waals surface area contributed by atoms with Gasteiger partial charge in [-0.2, -0.15) is 0 Å². The molecule has 0 atom stereocenters. The van der Waals surface area contributed by atoms with Crippen molar-refractivity contribution in [2.75, 3.05) is 12.4 Å². The van der Waals surface area contributed by atoms with Crippen molar-refractivity contribution in [3.05, 3.63) is 52.0 Å². The van der Waals surface area contributed by atoms with E-state index in [1.807, 2.05) is 6.07 Å². The van der Waals surface area contributed by atoms with E-state index in [9.17, 15) is 8.78 Å². The predicted octanol–water partition coefficient (Wildman–Crippen LogP) is 4.05. The van der Waals surface area contributed by atoms with Crippen LogP contribution in [0.2, 0.25) is 0 Å². The van der Waals surface area contributed by atoms with Gasteiger partial charge in [-0.25, -0.2) is 8.78 Å².